The first-order valence-corrected chi connectivity index (χ1v) is 5.97. The van der Waals surface area contributed by atoms with Crippen LogP contribution in [0, 0.1) is 5.92 Å². The number of aromatic nitrogens is 1. The van der Waals surface area contributed by atoms with E-state index in [1.54, 1.807) is 25.3 Å². The van der Waals surface area contributed by atoms with E-state index in [0.29, 0.717) is 0 Å². The second kappa shape index (κ2) is 5.82. The molecule has 1 amide bonds. The lowest BCUT2D eigenvalue weighted by Crippen LogP contribution is -2.45. The highest BCUT2D eigenvalue weighted by Crippen LogP contribution is 2.14. The van der Waals surface area contributed by atoms with E-state index in [2.05, 4.69) is 5.32 Å². The van der Waals surface area contributed by atoms with Crippen LogP contribution in [0.3, 0.4) is 0 Å². The highest BCUT2D eigenvalue weighted by molar-refractivity contribution is 5.75. The number of carbonyl (C=O) groups excluding carboxylic acids is 1. The Morgan fingerprint density at radius 2 is 2.17 bits per heavy atom. The van der Waals surface area contributed by atoms with Crippen LogP contribution in [-0.4, -0.2) is 27.7 Å². The number of rotatable bonds is 5. The summed E-state index contributed by atoms with van der Waals surface area (Å²) in [5, 5.41) is 12.6. The largest absolute Gasteiger partial charge is 0.388 e. The van der Waals surface area contributed by atoms with E-state index in [-0.39, 0.29) is 30.5 Å². The van der Waals surface area contributed by atoms with Gasteiger partial charge in [0.05, 0.1) is 5.60 Å². The molecule has 0 spiro atoms. The molecule has 100 valence electrons. The Morgan fingerprint density at radius 1 is 1.50 bits per heavy atom. The van der Waals surface area contributed by atoms with Crippen molar-refractivity contribution in [3.05, 3.63) is 34.7 Å². The van der Waals surface area contributed by atoms with E-state index in [1.807, 2.05) is 13.8 Å². The zero-order valence-corrected chi connectivity index (χ0v) is 11.0. The van der Waals surface area contributed by atoms with E-state index in [9.17, 15) is 14.7 Å². The quantitative estimate of drug-likeness (QED) is 0.795. The van der Waals surface area contributed by atoms with Crippen LogP contribution in [0.4, 0.5) is 0 Å². The van der Waals surface area contributed by atoms with Crippen LogP contribution in [0.15, 0.2) is 29.2 Å². The molecule has 0 aromatic carbocycles. The number of carbonyl (C=O) groups is 1. The van der Waals surface area contributed by atoms with Gasteiger partial charge in [0.1, 0.15) is 6.54 Å². The Hall–Kier alpha value is -1.62. The SMILES string of the molecule is CC(C)C(C)(O)CNC(=O)Cn1ccccc1=O. The molecule has 1 unspecified atom stereocenters. The van der Waals surface area contributed by atoms with Gasteiger partial charge in [-0.3, -0.25) is 9.59 Å². The molecule has 0 aliphatic heterocycles. The maximum Gasteiger partial charge on any atom is 0.250 e. The first kappa shape index (κ1) is 14.4. The number of hydrogen-bond donors (Lipinski definition) is 2. The topological polar surface area (TPSA) is 71.3 Å². The standard InChI is InChI=1S/C13H20N2O3/c1-10(2)13(3,18)9-14-11(16)8-15-7-5-4-6-12(15)17/h4-7,10,18H,8-9H2,1-3H3,(H,14,16). The highest BCUT2D eigenvalue weighted by Gasteiger charge is 2.25. The Kier molecular flexibility index (Phi) is 4.67. The zero-order chi connectivity index (χ0) is 13.8. The number of pyridine rings is 1. The molecular formula is C13H20N2O3. The third-order valence-electron chi connectivity index (χ3n) is 3.10. The van der Waals surface area contributed by atoms with Crippen molar-refractivity contribution in [1.82, 2.24) is 9.88 Å². The van der Waals surface area contributed by atoms with Crippen molar-refractivity contribution >= 4 is 5.91 Å². The van der Waals surface area contributed by atoms with Gasteiger partial charge < -0.3 is 15.0 Å². The number of nitrogens with zero attached hydrogens (tertiary/aromatic N) is 1. The minimum atomic E-state index is -0.947. The molecule has 1 atom stereocenters. The van der Waals surface area contributed by atoms with E-state index < -0.39 is 5.60 Å². The first-order chi connectivity index (χ1) is 8.33. The molecule has 5 nitrogen and oxygen atoms in total. The fourth-order valence-electron chi connectivity index (χ4n) is 1.28. The molecule has 0 fully saturated rings. The minimum Gasteiger partial charge on any atom is -0.388 e. The van der Waals surface area contributed by atoms with Gasteiger partial charge in [-0.05, 0) is 18.9 Å². The van der Waals surface area contributed by atoms with E-state index in [1.165, 1.54) is 10.6 Å². The summed E-state index contributed by atoms with van der Waals surface area (Å²) < 4.78 is 1.32. The molecule has 1 rings (SSSR count). The Balaban J connectivity index is 2.54. The van der Waals surface area contributed by atoms with Gasteiger partial charge in [-0.15, -0.1) is 0 Å². The second-order valence-corrected chi connectivity index (χ2v) is 4.96. The van der Waals surface area contributed by atoms with Crippen molar-refractivity contribution < 1.29 is 9.90 Å². The summed E-state index contributed by atoms with van der Waals surface area (Å²) in [5.74, 6) is -0.249. The molecule has 0 aliphatic rings. The van der Waals surface area contributed by atoms with Gasteiger partial charge >= 0.3 is 0 Å². The van der Waals surface area contributed by atoms with Crippen LogP contribution in [0.1, 0.15) is 20.8 Å². The number of hydrogen-bond acceptors (Lipinski definition) is 3. The van der Waals surface area contributed by atoms with Gasteiger partial charge in [-0.25, -0.2) is 0 Å². The van der Waals surface area contributed by atoms with Gasteiger partial charge in [0, 0.05) is 18.8 Å². The molecule has 0 aliphatic carbocycles. The number of amides is 1. The van der Waals surface area contributed by atoms with E-state index in [4.69, 9.17) is 0 Å². The van der Waals surface area contributed by atoms with Gasteiger partial charge in [-0.1, -0.05) is 19.9 Å². The van der Waals surface area contributed by atoms with Crippen LogP contribution in [0.2, 0.25) is 0 Å². The second-order valence-electron chi connectivity index (χ2n) is 4.96. The van der Waals surface area contributed by atoms with Crippen molar-refractivity contribution in [3.8, 4) is 0 Å². The predicted octanol–water partition coefficient (Wildman–Crippen LogP) is 0.371. The summed E-state index contributed by atoms with van der Waals surface area (Å²) in [6.07, 6.45) is 1.56. The zero-order valence-electron chi connectivity index (χ0n) is 11.0. The van der Waals surface area contributed by atoms with Crippen molar-refractivity contribution in [2.45, 2.75) is 32.9 Å². The molecule has 0 saturated carbocycles. The normalized spacial score (nSPS) is 14.3. The highest BCUT2D eigenvalue weighted by atomic mass is 16.3. The third kappa shape index (κ3) is 4.00. The molecule has 1 heterocycles. The first-order valence-electron chi connectivity index (χ1n) is 5.97. The van der Waals surface area contributed by atoms with E-state index in [0.717, 1.165) is 0 Å². The fraction of sp³-hybridized carbons (Fsp3) is 0.538. The molecule has 1 aromatic heterocycles. The monoisotopic (exact) mass is 252 g/mol. The average molecular weight is 252 g/mol. The fourth-order valence-corrected chi connectivity index (χ4v) is 1.28. The molecule has 5 heteroatoms. The Morgan fingerprint density at radius 3 is 2.72 bits per heavy atom. The molecule has 0 saturated heterocycles. The van der Waals surface area contributed by atoms with Crippen LogP contribution in [0.25, 0.3) is 0 Å². The van der Waals surface area contributed by atoms with Crippen molar-refractivity contribution in [2.75, 3.05) is 6.54 Å². The number of nitrogens with one attached hydrogen (secondary N) is 1. The van der Waals surface area contributed by atoms with Crippen LogP contribution < -0.4 is 10.9 Å². The molecule has 18 heavy (non-hydrogen) atoms. The summed E-state index contributed by atoms with van der Waals surface area (Å²) in [7, 11) is 0. The van der Waals surface area contributed by atoms with Crippen molar-refractivity contribution in [2.24, 2.45) is 5.92 Å². The van der Waals surface area contributed by atoms with Crippen molar-refractivity contribution in [1.29, 1.82) is 0 Å². The number of aliphatic hydroxyl groups is 1. The summed E-state index contributed by atoms with van der Waals surface area (Å²) in [6, 6.07) is 4.72. The molecule has 2 N–H and O–H groups in total. The minimum absolute atomic E-state index is 0.0339. The third-order valence-corrected chi connectivity index (χ3v) is 3.10. The predicted molar refractivity (Wildman–Crippen MR) is 69.2 cm³/mol. The summed E-state index contributed by atoms with van der Waals surface area (Å²) in [5.41, 5.74) is -1.17. The van der Waals surface area contributed by atoms with Crippen LogP contribution in [-0.2, 0) is 11.3 Å². The molecule has 0 bridgehead atoms. The average Bonchev–Trinajstić information content (AvgIpc) is 2.29. The summed E-state index contributed by atoms with van der Waals surface area (Å²) in [6.45, 7) is 5.58. The molecular weight excluding hydrogens is 232 g/mol. The lowest BCUT2D eigenvalue weighted by Gasteiger charge is -2.27. The maximum atomic E-state index is 11.7. The van der Waals surface area contributed by atoms with Crippen LogP contribution in [0.5, 0.6) is 0 Å². The smallest absolute Gasteiger partial charge is 0.250 e. The van der Waals surface area contributed by atoms with Gasteiger partial charge in [0.2, 0.25) is 5.91 Å². The van der Waals surface area contributed by atoms with Gasteiger partial charge in [-0.2, -0.15) is 0 Å². The maximum absolute atomic E-state index is 11.7. The van der Waals surface area contributed by atoms with Crippen LogP contribution >= 0.6 is 0 Å². The van der Waals surface area contributed by atoms with Gasteiger partial charge in [0.25, 0.3) is 5.56 Å². The Bertz CT molecular complexity index is 463. The summed E-state index contributed by atoms with van der Waals surface area (Å²) in [4.78, 5) is 23.0. The van der Waals surface area contributed by atoms with Crippen molar-refractivity contribution in [3.63, 3.8) is 0 Å². The lowest BCUT2D eigenvalue weighted by molar-refractivity contribution is -0.123. The van der Waals surface area contributed by atoms with Gasteiger partial charge in [0.15, 0.2) is 0 Å². The lowest BCUT2D eigenvalue weighted by atomic mass is 9.92. The summed E-state index contributed by atoms with van der Waals surface area (Å²) >= 11 is 0. The Labute approximate surface area is 106 Å². The molecule has 0 radical (unpaired) electrons. The molecule has 1 aromatic rings. The van der Waals surface area contributed by atoms with E-state index >= 15 is 0 Å².